The highest BCUT2D eigenvalue weighted by molar-refractivity contribution is 5.57. The van der Waals surface area contributed by atoms with Crippen molar-refractivity contribution in [3.63, 3.8) is 0 Å². The monoisotopic (exact) mass is 375 g/mol. The number of hydrogen-bond acceptors (Lipinski definition) is 7. The molecule has 1 saturated heterocycles. The van der Waals surface area contributed by atoms with Crippen LogP contribution in [0.3, 0.4) is 0 Å². The first-order chi connectivity index (χ1) is 13.8. The fourth-order valence-corrected chi connectivity index (χ4v) is 3.32. The van der Waals surface area contributed by atoms with Crippen molar-refractivity contribution < 1.29 is 9.53 Å². The van der Waals surface area contributed by atoms with Crippen LogP contribution in [0.2, 0.25) is 0 Å². The first-order valence-electron chi connectivity index (χ1n) is 9.24. The lowest BCUT2D eigenvalue weighted by Gasteiger charge is -2.15. The van der Waals surface area contributed by atoms with E-state index in [4.69, 9.17) is 4.74 Å². The first-order valence-corrected chi connectivity index (χ1v) is 9.24. The minimum absolute atomic E-state index is 0.216. The van der Waals surface area contributed by atoms with Gasteiger partial charge in [0.1, 0.15) is 23.5 Å². The van der Waals surface area contributed by atoms with Crippen LogP contribution in [-0.2, 0) is 4.79 Å². The highest BCUT2D eigenvalue weighted by Crippen LogP contribution is 2.33. The second-order valence-electron chi connectivity index (χ2n) is 6.62. The Hall–Kier alpha value is -3.32. The van der Waals surface area contributed by atoms with Gasteiger partial charge in [0.25, 0.3) is 0 Å². The highest BCUT2D eigenvalue weighted by Gasteiger charge is 2.27. The van der Waals surface area contributed by atoms with E-state index in [0.29, 0.717) is 18.2 Å². The van der Waals surface area contributed by atoms with E-state index in [1.807, 2.05) is 42.5 Å². The number of nitrogens with one attached hydrogen (secondary N) is 1. The number of carbonyl (C=O) groups is 1. The van der Waals surface area contributed by atoms with Gasteiger partial charge in [-0.1, -0.05) is 6.07 Å². The van der Waals surface area contributed by atoms with Gasteiger partial charge in [-0.2, -0.15) is 0 Å². The van der Waals surface area contributed by atoms with E-state index in [9.17, 15) is 4.79 Å². The molecule has 1 unspecified atom stereocenters. The van der Waals surface area contributed by atoms with Crippen LogP contribution >= 0.6 is 0 Å². The molecule has 0 saturated carbocycles. The number of benzene rings is 1. The van der Waals surface area contributed by atoms with Crippen LogP contribution in [0.4, 0.5) is 11.5 Å². The molecule has 1 aliphatic heterocycles. The Labute approximate surface area is 163 Å². The summed E-state index contributed by atoms with van der Waals surface area (Å²) in [4.78, 5) is 26.0. The largest absolute Gasteiger partial charge is 0.437 e. The third kappa shape index (κ3) is 4.32. The molecule has 4 rings (SSSR count). The number of carbonyl (C=O) groups excluding carboxylic acids is 1. The molecule has 1 aliphatic rings. The zero-order valence-corrected chi connectivity index (χ0v) is 15.4. The SMILES string of the molecule is O=CCN1CCC(c2nccnc2Oc2ccc(Nc3ccccn3)cc2)C1. The van der Waals surface area contributed by atoms with Gasteiger partial charge in [0.2, 0.25) is 5.88 Å². The van der Waals surface area contributed by atoms with Crippen molar-refractivity contribution in [1.82, 2.24) is 19.9 Å². The molecule has 1 aromatic carbocycles. The number of aromatic nitrogens is 3. The van der Waals surface area contributed by atoms with Crippen LogP contribution in [0.5, 0.6) is 11.6 Å². The van der Waals surface area contributed by atoms with E-state index in [1.165, 1.54) is 0 Å². The molecule has 0 spiro atoms. The Bertz CT molecular complexity index is 918. The van der Waals surface area contributed by atoms with Gasteiger partial charge in [0.05, 0.1) is 6.54 Å². The molecule has 7 heteroatoms. The number of pyridine rings is 1. The van der Waals surface area contributed by atoms with Crippen LogP contribution in [-0.4, -0.2) is 45.8 Å². The van der Waals surface area contributed by atoms with Crippen molar-refractivity contribution in [1.29, 1.82) is 0 Å². The molecule has 3 aromatic rings. The van der Waals surface area contributed by atoms with E-state index in [1.54, 1.807) is 18.6 Å². The zero-order chi connectivity index (χ0) is 19.2. The van der Waals surface area contributed by atoms with Gasteiger partial charge in [-0.05, 0) is 49.4 Å². The average molecular weight is 375 g/mol. The van der Waals surface area contributed by atoms with Crippen LogP contribution in [0, 0.1) is 0 Å². The number of ether oxygens (including phenoxy) is 1. The third-order valence-electron chi connectivity index (χ3n) is 4.69. The molecule has 0 radical (unpaired) electrons. The van der Waals surface area contributed by atoms with Crippen molar-refractivity contribution in [2.45, 2.75) is 12.3 Å². The molecule has 7 nitrogen and oxygen atoms in total. The minimum atomic E-state index is 0.216. The van der Waals surface area contributed by atoms with Crippen molar-refractivity contribution in [3.8, 4) is 11.6 Å². The lowest BCUT2D eigenvalue weighted by atomic mass is 10.1. The van der Waals surface area contributed by atoms with E-state index in [-0.39, 0.29) is 5.92 Å². The summed E-state index contributed by atoms with van der Waals surface area (Å²) in [6.07, 6.45) is 6.94. The molecule has 2 aromatic heterocycles. The number of aldehydes is 1. The van der Waals surface area contributed by atoms with Crippen molar-refractivity contribution in [2.75, 3.05) is 25.0 Å². The zero-order valence-electron chi connectivity index (χ0n) is 15.4. The normalized spacial score (nSPS) is 16.6. The van der Waals surface area contributed by atoms with E-state index in [0.717, 1.165) is 43.0 Å². The molecule has 1 atom stereocenters. The average Bonchev–Trinajstić information content (AvgIpc) is 3.19. The summed E-state index contributed by atoms with van der Waals surface area (Å²) in [5.41, 5.74) is 1.76. The molecule has 142 valence electrons. The summed E-state index contributed by atoms with van der Waals surface area (Å²) in [6, 6.07) is 13.4. The molecule has 28 heavy (non-hydrogen) atoms. The third-order valence-corrected chi connectivity index (χ3v) is 4.69. The van der Waals surface area contributed by atoms with Crippen LogP contribution < -0.4 is 10.1 Å². The Morgan fingerprint density at radius 1 is 1.07 bits per heavy atom. The number of hydrogen-bond donors (Lipinski definition) is 1. The summed E-state index contributed by atoms with van der Waals surface area (Å²) in [6.45, 7) is 2.13. The first kappa shape index (κ1) is 18.1. The van der Waals surface area contributed by atoms with Crippen molar-refractivity contribution in [2.24, 2.45) is 0 Å². The number of anilines is 2. The summed E-state index contributed by atoms with van der Waals surface area (Å²) < 4.78 is 6.02. The van der Waals surface area contributed by atoms with E-state index in [2.05, 4.69) is 25.2 Å². The van der Waals surface area contributed by atoms with Crippen molar-refractivity contribution >= 4 is 17.8 Å². The number of nitrogens with zero attached hydrogens (tertiary/aromatic N) is 4. The predicted molar refractivity (Wildman–Crippen MR) is 106 cm³/mol. The summed E-state index contributed by atoms with van der Waals surface area (Å²) in [5.74, 6) is 2.21. The molecule has 0 aliphatic carbocycles. The number of likely N-dealkylation sites (tertiary alicyclic amines) is 1. The fourth-order valence-electron chi connectivity index (χ4n) is 3.32. The summed E-state index contributed by atoms with van der Waals surface area (Å²) >= 11 is 0. The molecule has 1 N–H and O–H groups in total. The Morgan fingerprint density at radius 2 is 1.93 bits per heavy atom. The van der Waals surface area contributed by atoms with Gasteiger partial charge in [-0.3, -0.25) is 9.88 Å². The molecule has 1 fully saturated rings. The van der Waals surface area contributed by atoms with Crippen LogP contribution in [0.1, 0.15) is 18.0 Å². The Balaban J connectivity index is 1.45. The maximum atomic E-state index is 10.8. The van der Waals surface area contributed by atoms with Gasteiger partial charge in [0, 0.05) is 36.7 Å². The Kier molecular flexibility index (Phi) is 5.53. The lowest BCUT2D eigenvalue weighted by Crippen LogP contribution is -2.22. The van der Waals surface area contributed by atoms with Crippen molar-refractivity contribution in [3.05, 3.63) is 66.7 Å². The van der Waals surface area contributed by atoms with Gasteiger partial charge < -0.3 is 14.8 Å². The van der Waals surface area contributed by atoms with Gasteiger partial charge in [-0.25, -0.2) is 9.97 Å². The number of rotatable bonds is 7. The fraction of sp³-hybridized carbons (Fsp3) is 0.238. The minimum Gasteiger partial charge on any atom is -0.437 e. The highest BCUT2D eigenvalue weighted by atomic mass is 16.5. The van der Waals surface area contributed by atoms with Gasteiger partial charge >= 0.3 is 0 Å². The second-order valence-corrected chi connectivity index (χ2v) is 6.62. The Morgan fingerprint density at radius 3 is 2.71 bits per heavy atom. The molecular formula is C21H21N5O2. The smallest absolute Gasteiger partial charge is 0.241 e. The molecule has 3 heterocycles. The second kappa shape index (κ2) is 8.58. The quantitative estimate of drug-likeness (QED) is 0.634. The lowest BCUT2D eigenvalue weighted by molar-refractivity contribution is -0.108. The summed E-state index contributed by atoms with van der Waals surface area (Å²) in [5, 5.41) is 3.24. The van der Waals surface area contributed by atoms with Gasteiger partial charge in [-0.15, -0.1) is 0 Å². The molecule has 0 bridgehead atoms. The topological polar surface area (TPSA) is 80.2 Å². The maximum Gasteiger partial charge on any atom is 0.241 e. The van der Waals surface area contributed by atoms with Gasteiger partial charge in [0.15, 0.2) is 0 Å². The van der Waals surface area contributed by atoms with E-state index >= 15 is 0 Å². The summed E-state index contributed by atoms with van der Waals surface area (Å²) in [7, 11) is 0. The molecule has 0 amide bonds. The van der Waals surface area contributed by atoms with Crippen LogP contribution in [0.25, 0.3) is 0 Å². The predicted octanol–water partition coefficient (Wildman–Crippen LogP) is 3.40. The standard InChI is InChI=1S/C21H21N5O2/c27-14-13-26-12-8-16(15-26)20-21(24-11-10-23-20)28-18-6-4-17(5-7-18)25-19-3-1-2-9-22-19/h1-7,9-11,14,16H,8,12-13,15H2,(H,22,25). The maximum absolute atomic E-state index is 10.8. The van der Waals surface area contributed by atoms with Crippen LogP contribution in [0.15, 0.2) is 61.1 Å². The van der Waals surface area contributed by atoms with E-state index < -0.39 is 0 Å². The molecular weight excluding hydrogens is 354 g/mol.